The molecule has 1 aliphatic heterocycles. The van der Waals surface area contributed by atoms with Crippen molar-refractivity contribution in [3.05, 3.63) is 29.3 Å². The van der Waals surface area contributed by atoms with Crippen LogP contribution in [0.4, 0.5) is 5.69 Å². The van der Waals surface area contributed by atoms with E-state index in [1.807, 2.05) is 32.0 Å². The van der Waals surface area contributed by atoms with Gasteiger partial charge in [0.25, 0.3) is 5.91 Å². The number of carbonyl (C=O) groups is 1. The van der Waals surface area contributed by atoms with Crippen molar-refractivity contribution in [2.24, 2.45) is 10.8 Å². The average Bonchev–Trinajstić information content (AvgIpc) is 2.55. The number of thioether (sulfide) groups is 1. The molecular weight excluding hydrogens is 222 g/mol. The van der Waals surface area contributed by atoms with Gasteiger partial charge in [0.2, 0.25) is 0 Å². The number of hydrogen-bond acceptors (Lipinski definition) is 4. The summed E-state index contributed by atoms with van der Waals surface area (Å²) in [6.45, 7) is 3.99. The highest BCUT2D eigenvalue weighted by atomic mass is 32.2. The maximum Gasteiger partial charge on any atom is 0.253 e. The molecule has 1 amide bonds. The van der Waals surface area contributed by atoms with Crippen LogP contribution in [0.5, 0.6) is 0 Å². The minimum atomic E-state index is -0.102. The molecule has 0 radical (unpaired) electrons. The Hall–Kier alpha value is -1.33. The Bertz CT molecular complexity index is 450. The molecule has 2 rings (SSSR count). The van der Waals surface area contributed by atoms with Crippen LogP contribution in [0.1, 0.15) is 11.1 Å². The van der Waals surface area contributed by atoms with E-state index in [1.54, 1.807) is 0 Å². The Morgan fingerprint density at radius 1 is 1.38 bits per heavy atom. The first-order chi connectivity index (χ1) is 7.59. The van der Waals surface area contributed by atoms with Crippen LogP contribution in [0.3, 0.4) is 0 Å². The van der Waals surface area contributed by atoms with Crippen LogP contribution in [0.25, 0.3) is 0 Å². The summed E-state index contributed by atoms with van der Waals surface area (Å²) in [5, 5.41) is 1.69. The van der Waals surface area contributed by atoms with Crippen molar-refractivity contribution in [3.63, 3.8) is 0 Å². The maximum absolute atomic E-state index is 11.2. The summed E-state index contributed by atoms with van der Waals surface area (Å²) >= 11 is 1.37. The minimum absolute atomic E-state index is 0.102. The van der Waals surface area contributed by atoms with Gasteiger partial charge in [-0.2, -0.15) is 0 Å². The van der Waals surface area contributed by atoms with Crippen LogP contribution in [0.2, 0.25) is 0 Å². The van der Waals surface area contributed by atoms with Crippen molar-refractivity contribution in [2.45, 2.75) is 13.8 Å². The van der Waals surface area contributed by atoms with Gasteiger partial charge in [0.1, 0.15) is 0 Å². The van der Waals surface area contributed by atoms with Crippen LogP contribution < -0.4 is 5.84 Å². The standard InChI is InChI=1S/C11H13N3OS/c1-7-4-3-5-8(2)10(7)13-11-14(12)9(15)6-16-11/h3-5H,6,12H2,1-2H3. The van der Waals surface area contributed by atoms with Crippen LogP contribution in [-0.4, -0.2) is 21.8 Å². The molecule has 16 heavy (non-hydrogen) atoms. The summed E-state index contributed by atoms with van der Waals surface area (Å²) in [4.78, 5) is 15.7. The molecule has 1 aromatic carbocycles. The Balaban J connectivity index is 2.40. The first-order valence-corrected chi connectivity index (χ1v) is 5.93. The van der Waals surface area contributed by atoms with Crippen molar-refractivity contribution in [1.82, 2.24) is 5.01 Å². The molecule has 0 atom stereocenters. The molecule has 1 saturated heterocycles. The summed E-state index contributed by atoms with van der Waals surface area (Å²) < 4.78 is 0. The number of hydrogen-bond donors (Lipinski definition) is 1. The van der Waals surface area contributed by atoms with Crippen LogP contribution in [0.15, 0.2) is 23.2 Å². The van der Waals surface area contributed by atoms with E-state index in [9.17, 15) is 4.79 Å². The summed E-state index contributed by atoms with van der Waals surface area (Å²) in [6.07, 6.45) is 0. The lowest BCUT2D eigenvalue weighted by molar-refractivity contribution is -0.124. The molecule has 0 spiro atoms. The Labute approximate surface area is 98.5 Å². The molecule has 2 N–H and O–H groups in total. The smallest absolute Gasteiger partial charge is 0.253 e. The van der Waals surface area contributed by atoms with Gasteiger partial charge in [-0.25, -0.2) is 15.8 Å². The molecular formula is C11H13N3OS. The predicted molar refractivity (Wildman–Crippen MR) is 66.5 cm³/mol. The molecule has 0 bridgehead atoms. The van der Waals surface area contributed by atoms with E-state index < -0.39 is 0 Å². The van der Waals surface area contributed by atoms with E-state index in [1.165, 1.54) is 11.8 Å². The molecule has 0 aliphatic carbocycles. The molecule has 5 heteroatoms. The third-order valence-corrected chi connectivity index (χ3v) is 3.38. The molecule has 1 fully saturated rings. The van der Waals surface area contributed by atoms with Gasteiger partial charge in [-0.1, -0.05) is 30.0 Å². The third kappa shape index (κ3) is 1.96. The number of nitrogens with two attached hydrogens (primary N) is 1. The van der Waals surface area contributed by atoms with Crippen LogP contribution in [-0.2, 0) is 4.79 Å². The normalized spacial score (nSPS) is 18.6. The van der Waals surface area contributed by atoms with E-state index in [-0.39, 0.29) is 5.91 Å². The number of para-hydroxylation sites is 1. The zero-order valence-corrected chi connectivity index (χ0v) is 10.0. The number of aryl methyl sites for hydroxylation is 2. The van der Waals surface area contributed by atoms with Gasteiger partial charge in [-0.15, -0.1) is 0 Å². The number of rotatable bonds is 1. The highest BCUT2D eigenvalue weighted by Gasteiger charge is 2.25. The number of carbonyl (C=O) groups excluding carboxylic acids is 1. The van der Waals surface area contributed by atoms with Gasteiger partial charge >= 0.3 is 0 Å². The van der Waals surface area contributed by atoms with Crippen molar-refractivity contribution in [1.29, 1.82) is 0 Å². The van der Waals surface area contributed by atoms with Gasteiger partial charge in [-0.05, 0) is 25.0 Å². The predicted octanol–water partition coefficient (Wildman–Crippen LogP) is 1.74. The van der Waals surface area contributed by atoms with Gasteiger partial charge in [0.15, 0.2) is 5.17 Å². The van der Waals surface area contributed by atoms with Crippen molar-refractivity contribution >= 4 is 28.5 Å². The summed E-state index contributed by atoms with van der Waals surface area (Å²) in [5.74, 6) is 5.88. The lowest BCUT2D eigenvalue weighted by Crippen LogP contribution is -2.36. The Kier molecular flexibility index (Phi) is 2.98. The van der Waals surface area contributed by atoms with Crippen LogP contribution >= 0.6 is 11.8 Å². The zero-order valence-electron chi connectivity index (χ0n) is 9.23. The second kappa shape index (κ2) is 4.27. The lowest BCUT2D eigenvalue weighted by Gasteiger charge is -2.09. The number of benzene rings is 1. The Morgan fingerprint density at radius 3 is 2.50 bits per heavy atom. The van der Waals surface area contributed by atoms with Crippen LogP contribution in [0, 0.1) is 13.8 Å². The van der Waals surface area contributed by atoms with Gasteiger partial charge in [0.05, 0.1) is 11.4 Å². The first kappa shape index (κ1) is 11.2. The zero-order chi connectivity index (χ0) is 11.7. The largest absolute Gasteiger partial charge is 0.272 e. The second-order valence-corrected chi connectivity index (χ2v) is 4.63. The van der Waals surface area contributed by atoms with E-state index in [0.29, 0.717) is 10.9 Å². The van der Waals surface area contributed by atoms with Crippen molar-refractivity contribution in [3.8, 4) is 0 Å². The number of aliphatic imine (C=N–C) groups is 1. The number of amidine groups is 1. The van der Waals surface area contributed by atoms with E-state index in [2.05, 4.69) is 4.99 Å². The van der Waals surface area contributed by atoms with Gasteiger partial charge in [0, 0.05) is 0 Å². The van der Waals surface area contributed by atoms with E-state index in [0.717, 1.165) is 21.8 Å². The molecule has 84 valence electrons. The molecule has 0 aromatic heterocycles. The number of hydrazine groups is 1. The molecule has 0 saturated carbocycles. The summed E-state index contributed by atoms with van der Waals surface area (Å²) in [5.41, 5.74) is 3.07. The average molecular weight is 235 g/mol. The monoisotopic (exact) mass is 235 g/mol. The van der Waals surface area contributed by atoms with Crippen molar-refractivity contribution < 1.29 is 4.79 Å². The SMILES string of the molecule is Cc1cccc(C)c1N=C1SCC(=O)N1N. The number of amides is 1. The molecule has 0 unspecified atom stereocenters. The van der Waals surface area contributed by atoms with Gasteiger partial charge < -0.3 is 0 Å². The Morgan fingerprint density at radius 2 is 2.00 bits per heavy atom. The van der Waals surface area contributed by atoms with E-state index in [4.69, 9.17) is 5.84 Å². The summed E-state index contributed by atoms with van der Waals surface area (Å²) in [7, 11) is 0. The maximum atomic E-state index is 11.2. The second-order valence-electron chi connectivity index (χ2n) is 3.69. The molecule has 1 heterocycles. The topological polar surface area (TPSA) is 58.7 Å². The highest BCUT2D eigenvalue weighted by molar-refractivity contribution is 8.15. The summed E-state index contributed by atoms with van der Waals surface area (Å²) in [6, 6.07) is 5.98. The fraction of sp³-hybridized carbons (Fsp3) is 0.273. The van der Waals surface area contributed by atoms with E-state index >= 15 is 0 Å². The molecule has 1 aliphatic rings. The third-order valence-electron chi connectivity index (χ3n) is 2.45. The highest BCUT2D eigenvalue weighted by Crippen LogP contribution is 2.27. The first-order valence-electron chi connectivity index (χ1n) is 4.95. The minimum Gasteiger partial charge on any atom is -0.272 e. The van der Waals surface area contributed by atoms with Crippen molar-refractivity contribution in [2.75, 3.05) is 5.75 Å². The quantitative estimate of drug-likeness (QED) is 0.596. The fourth-order valence-corrected chi connectivity index (χ4v) is 2.32. The van der Waals surface area contributed by atoms with Gasteiger partial charge in [-0.3, -0.25) is 4.79 Å². The molecule has 1 aromatic rings. The molecule has 4 nitrogen and oxygen atoms in total. The fourth-order valence-electron chi connectivity index (χ4n) is 1.54. The lowest BCUT2D eigenvalue weighted by atomic mass is 10.1. The number of nitrogens with zero attached hydrogens (tertiary/aromatic N) is 2.